The van der Waals surface area contributed by atoms with Gasteiger partial charge in [-0.15, -0.1) is 0 Å². The monoisotopic (exact) mass is 446 g/mol. The first kappa shape index (κ1) is 20.6. The number of hydrogen-bond acceptors (Lipinski definition) is 4. The van der Waals surface area contributed by atoms with Crippen LogP contribution in [-0.2, 0) is 16.6 Å². The van der Waals surface area contributed by atoms with Crippen molar-refractivity contribution in [2.45, 2.75) is 10.6 Å². The maximum Gasteiger partial charge on any atom is 0.289 e. The number of hydrogen-bond donors (Lipinski definition) is 0. The van der Waals surface area contributed by atoms with Gasteiger partial charge in [0.1, 0.15) is 11.6 Å². The van der Waals surface area contributed by atoms with Crippen LogP contribution in [0.15, 0.2) is 70.0 Å². The molecule has 2 aromatic carbocycles. The summed E-state index contributed by atoms with van der Waals surface area (Å²) >= 11 is 5.86. The Labute approximate surface area is 181 Å². The molecule has 1 aromatic heterocycles. The van der Waals surface area contributed by atoms with Crippen LogP contribution in [0.4, 0.5) is 10.1 Å². The molecule has 1 atom stereocenters. The molecule has 1 saturated heterocycles. The number of furan rings is 1. The minimum atomic E-state index is -1.29. The summed E-state index contributed by atoms with van der Waals surface area (Å²) in [6.45, 7) is 2.41. The number of benzene rings is 2. The third kappa shape index (κ3) is 4.74. The van der Waals surface area contributed by atoms with Crippen LogP contribution in [-0.4, -0.2) is 41.2 Å². The van der Waals surface area contributed by atoms with Crippen molar-refractivity contribution in [3.8, 4) is 0 Å². The van der Waals surface area contributed by atoms with E-state index in [1.54, 1.807) is 53.4 Å². The first-order valence-electron chi connectivity index (χ1n) is 9.52. The van der Waals surface area contributed by atoms with E-state index < -0.39 is 10.8 Å². The highest BCUT2D eigenvalue weighted by Crippen LogP contribution is 2.20. The molecule has 1 aliphatic heterocycles. The number of nitrogens with zero attached hydrogens (tertiary/aromatic N) is 2. The second kappa shape index (κ2) is 9.02. The molecule has 30 heavy (non-hydrogen) atoms. The summed E-state index contributed by atoms with van der Waals surface area (Å²) in [5.74, 6) is 0.480. The highest BCUT2D eigenvalue weighted by Gasteiger charge is 2.24. The zero-order valence-electron chi connectivity index (χ0n) is 16.1. The molecular formula is C22H20ClFN2O3S. The number of carbonyl (C=O) groups is 1. The lowest BCUT2D eigenvalue weighted by Gasteiger charge is -2.35. The zero-order chi connectivity index (χ0) is 21.1. The van der Waals surface area contributed by atoms with Crippen molar-refractivity contribution < 1.29 is 17.8 Å². The molecule has 0 bridgehead atoms. The Bertz CT molecular complexity index is 1050. The molecule has 0 spiro atoms. The molecule has 3 aromatic rings. The zero-order valence-corrected chi connectivity index (χ0v) is 17.7. The van der Waals surface area contributed by atoms with E-state index >= 15 is 0 Å². The van der Waals surface area contributed by atoms with Gasteiger partial charge in [-0.2, -0.15) is 0 Å². The van der Waals surface area contributed by atoms with Crippen LogP contribution in [0.1, 0.15) is 16.3 Å². The van der Waals surface area contributed by atoms with Crippen molar-refractivity contribution in [2.24, 2.45) is 0 Å². The third-order valence-corrected chi connectivity index (χ3v) is 6.58. The molecule has 1 fully saturated rings. The fourth-order valence-electron chi connectivity index (χ4n) is 3.34. The maximum absolute atomic E-state index is 13.1. The van der Waals surface area contributed by atoms with Gasteiger partial charge in [0.25, 0.3) is 5.91 Å². The molecule has 0 aliphatic carbocycles. The van der Waals surface area contributed by atoms with E-state index in [0.29, 0.717) is 41.9 Å². The van der Waals surface area contributed by atoms with Gasteiger partial charge in [-0.05, 0) is 60.7 Å². The van der Waals surface area contributed by atoms with E-state index in [1.807, 2.05) is 0 Å². The minimum absolute atomic E-state index is 0.183. The Balaban J connectivity index is 1.34. The van der Waals surface area contributed by atoms with Crippen molar-refractivity contribution in [3.63, 3.8) is 0 Å². The summed E-state index contributed by atoms with van der Waals surface area (Å²) in [6, 6.07) is 16.5. The topological polar surface area (TPSA) is 53.8 Å². The molecule has 5 nitrogen and oxygen atoms in total. The van der Waals surface area contributed by atoms with Crippen LogP contribution in [0.25, 0.3) is 0 Å². The second-order valence-electron chi connectivity index (χ2n) is 6.97. The van der Waals surface area contributed by atoms with Gasteiger partial charge in [-0.1, -0.05) is 11.6 Å². The predicted octanol–water partition coefficient (Wildman–Crippen LogP) is 4.34. The van der Waals surface area contributed by atoms with Crippen molar-refractivity contribution in [2.75, 3.05) is 31.1 Å². The lowest BCUT2D eigenvalue weighted by atomic mass is 10.2. The minimum Gasteiger partial charge on any atom is -0.455 e. The van der Waals surface area contributed by atoms with Crippen LogP contribution in [0.3, 0.4) is 0 Å². The van der Waals surface area contributed by atoms with E-state index in [4.69, 9.17) is 16.0 Å². The Morgan fingerprint density at radius 3 is 2.30 bits per heavy atom. The molecule has 0 N–H and O–H groups in total. The Morgan fingerprint density at radius 1 is 0.967 bits per heavy atom. The van der Waals surface area contributed by atoms with E-state index in [9.17, 15) is 13.4 Å². The van der Waals surface area contributed by atoms with Gasteiger partial charge < -0.3 is 14.2 Å². The van der Waals surface area contributed by atoms with Crippen molar-refractivity contribution in [1.82, 2.24) is 4.90 Å². The van der Waals surface area contributed by atoms with E-state index in [1.165, 1.54) is 12.1 Å². The quantitative estimate of drug-likeness (QED) is 0.585. The molecule has 156 valence electrons. The summed E-state index contributed by atoms with van der Waals surface area (Å²) in [6.07, 6.45) is 0. The first-order valence-corrected chi connectivity index (χ1v) is 11.2. The molecule has 0 unspecified atom stereocenters. The highest BCUT2D eigenvalue weighted by molar-refractivity contribution is 7.84. The molecule has 1 amide bonds. The molecule has 0 saturated carbocycles. The summed E-state index contributed by atoms with van der Waals surface area (Å²) in [4.78, 5) is 17.3. The van der Waals surface area contributed by atoms with Gasteiger partial charge in [-0.25, -0.2) is 4.39 Å². The molecule has 1 aliphatic rings. The van der Waals surface area contributed by atoms with Gasteiger partial charge in [0, 0.05) is 41.8 Å². The van der Waals surface area contributed by atoms with Gasteiger partial charge in [0.15, 0.2) is 5.76 Å². The lowest BCUT2D eigenvalue weighted by molar-refractivity contribution is 0.0713. The summed E-state index contributed by atoms with van der Waals surface area (Å²) in [5, 5.41) is 0.584. The van der Waals surface area contributed by atoms with Crippen LogP contribution < -0.4 is 4.90 Å². The van der Waals surface area contributed by atoms with Crippen molar-refractivity contribution in [1.29, 1.82) is 0 Å². The Morgan fingerprint density at radius 2 is 1.63 bits per heavy atom. The standard InChI is InChI=1S/C22H20ClFN2O3S/c23-16-1-8-20(9-2-16)30(28)15-19-7-10-21(29-19)22(27)26-13-11-25(12-14-26)18-5-3-17(24)4-6-18/h1-10H,11-15H2/t30-/m0/s1. The van der Waals surface area contributed by atoms with Gasteiger partial charge >= 0.3 is 0 Å². The second-order valence-corrected chi connectivity index (χ2v) is 8.85. The third-order valence-electron chi connectivity index (χ3n) is 4.98. The fourth-order valence-corrected chi connectivity index (χ4v) is 4.49. The average Bonchev–Trinajstić information content (AvgIpc) is 3.23. The lowest BCUT2D eigenvalue weighted by Crippen LogP contribution is -2.48. The van der Waals surface area contributed by atoms with Crippen LogP contribution in [0.5, 0.6) is 0 Å². The van der Waals surface area contributed by atoms with Gasteiger partial charge in [0.05, 0.1) is 16.6 Å². The number of anilines is 1. The Kier molecular flexibility index (Phi) is 6.20. The average molecular weight is 447 g/mol. The van der Waals surface area contributed by atoms with Crippen LogP contribution >= 0.6 is 11.6 Å². The molecule has 8 heteroatoms. The first-order chi connectivity index (χ1) is 14.5. The van der Waals surface area contributed by atoms with E-state index in [0.717, 1.165) is 5.69 Å². The summed E-state index contributed by atoms with van der Waals surface area (Å²) in [7, 11) is -1.29. The van der Waals surface area contributed by atoms with Crippen LogP contribution in [0.2, 0.25) is 5.02 Å². The smallest absolute Gasteiger partial charge is 0.289 e. The SMILES string of the molecule is O=C(c1ccc(C[S@](=O)c2ccc(Cl)cc2)o1)N1CCN(c2ccc(F)cc2)CC1. The van der Waals surface area contributed by atoms with Gasteiger partial charge in [0.2, 0.25) is 0 Å². The number of piperazine rings is 1. The van der Waals surface area contributed by atoms with Crippen molar-refractivity contribution >= 4 is 34.0 Å². The largest absolute Gasteiger partial charge is 0.455 e. The summed E-state index contributed by atoms with van der Waals surface area (Å²) in [5.41, 5.74) is 0.938. The fraction of sp³-hybridized carbons (Fsp3) is 0.227. The summed E-state index contributed by atoms with van der Waals surface area (Å²) < 4.78 is 31.3. The van der Waals surface area contributed by atoms with Gasteiger partial charge in [-0.3, -0.25) is 9.00 Å². The number of halogens is 2. The molecule has 4 rings (SSSR count). The van der Waals surface area contributed by atoms with E-state index in [-0.39, 0.29) is 23.2 Å². The Hall–Kier alpha value is -2.64. The number of rotatable bonds is 5. The molecule has 0 radical (unpaired) electrons. The maximum atomic E-state index is 13.1. The molecule has 2 heterocycles. The van der Waals surface area contributed by atoms with E-state index in [2.05, 4.69) is 4.90 Å². The molecular weight excluding hydrogens is 427 g/mol. The van der Waals surface area contributed by atoms with Crippen molar-refractivity contribution in [3.05, 3.63) is 83.0 Å². The normalized spacial score (nSPS) is 15.3. The predicted molar refractivity (Wildman–Crippen MR) is 115 cm³/mol. The number of amides is 1. The van der Waals surface area contributed by atoms with Crippen LogP contribution in [0, 0.1) is 5.82 Å². The highest BCUT2D eigenvalue weighted by atomic mass is 35.5. The number of carbonyl (C=O) groups excluding carboxylic acids is 1.